The van der Waals surface area contributed by atoms with Crippen LogP contribution in [0, 0.1) is 13.8 Å². The van der Waals surface area contributed by atoms with Crippen molar-refractivity contribution in [3.05, 3.63) is 52.8 Å². The summed E-state index contributed by atoms with van der Waals surface area (Å²) >= 11 is 0. The quantitative estimate of drug-likeness (QED) is 0.748. The monoisotopic (exact) mass is 397 g/mol. The van der Waals surface area contributed by atoms with E-state index in [1.165, 1.54) is 0 Å². The zero-order valence-electron chi connectivity index (χ0n) is 17.7. The second-order valence-corrected chi connectivity index (χ2v) is 7.92. The summed E-state index contributed by atoms with van der Waals surface area (Å²) in [6.45, 7) is 5.24. The molecule has 2 atom stereocenters. The number of amides is 2. The van der Waals surface area contributed by atoms with Crippen molar-refractivity contribution >= 4 is 11.8 Å². The van der Waals surface area contributed by atoms with E-state index in [0.717, 1.165) is 29.8 Å². The molecule has 2 N–H and O–H groups in total. The third kappa shape index (κ3) is 5.23. The van der Waals surface area contributed by atoms with Crippen LogP contribution in [0.25, 0.3) is 0 Å². The maximum absolute atomic E-state index is 12.7. The van der Waals surface area contributed by atoms with Gasteiger partial charge in [0.1, 0.15) is 0 Å². The smallest absolute Gasteiger partial charge is 0.251 e. The van der Waals surface area contributed by atoms with Crippen LogP contribution in [0.2, 0.25) is 0 Å². The molecule has 2 aromatic rings. The van der Waals surface area contributed by atoms with Gasteiger partial charge in [-0.25, -0.2) is 0 Å². The highest BCUT2D eigenvalue weighted by Gasteiger charge is 2.31. The molecule has 3 rings (SSSR count). The number of rotatable bonds is 7. The van der Waals surface area contributed by atoms with Crippen LogP contribution < -0.4 is 10.6 Å². The van der Waals surface area contributed by atoms with E-state index in [9.17, 15) is 9.59 Å². The number of carbonyl (C=O) groups excluding carboxylic acids is 2. The molecule has 1 aliphatic rings. The molecule has 0 unspecified atom stereocenters. The first-order valence-electron chi connectivity index (χ1n) is 10.2. The Morgan fingerprint density at radius 2 is 1.93 bits per heavy atom. The van der Waals surface area contributed by atoms with Crippen LogP contribution in [0.15, 0.2) is 30.3 Å². The number of benzene rings is 1. The Morgan fingerprint density at radius 1 is 1.17 bits per heavy atom. The second-order valence-electron chi connectivity index (χ2n) is 7.92. The van der Waals surface area contributed by atoms with E-state index < -0.39 is 0 Å². The van der Waals surface area contributed by atoms with Crippen molar-refractivity contribution in [1.82, 2.24) is 25.3 Å². The molecule has 1 aromatic heterocycles. The molecule has 0 radical (unpaired) electrons. The Bertz CT molecular complexity index is 876. The predicted molar refractivity (Wildman–Crippen MR) is 113 cm³/mol. The number of aryl methyl sites for hydroxylation is 2. The van der Waals surface area contributed by atoms with Crippen molar-refractivity contribution in [1.29, 1.82) is 0 Å². The fraction of sp³-hybridized carbons (Fsp3) is 0.500. The van der Waals surface area contributed by atoms with Gasteiger partial charge >= 0.3 is 0 Å². The van der Waals surface area contributed by atoms with Crippen molar-refractivity contribution in [2.45, 2.75) is 51.7 Å². The van der Waals surface area contributed by atoms with E-state index >= 15 is 0 Å². The highest BCUT2D eigenvalue weighted by molar-refractivity contribution is 5.94. The number of nitrogens with one attached hydrogen (secondary N) is 2. The third-order valence-electron chi connectivity index (χ3n) is 5.81. The molecule has 1 saturated heterocycles. The van der Waals surface area contributed by atoms with Gasteiger partial charge in [0, 0.05) is 43.4 Å². The Balaban J connectivity index is 1.56. The van der Waals surface area contributed by atoms with Gasteiger partial charge in [-0.3, -0.25) is 19.2 Å². The number of likely N-dealkylation sites (tertiary alicyclic amines) is 1. The van der Waals surface area contributed by atoms with E-state index in [4.69, 9.17) is 0 Å². The van der Waals surface area contributed by atoms with Gasteiger partial charge in [0.2, 0.25) is 5.91 Å². The maximum atomic E-state index is 12.7. The number of likely N-dealkylation sites (N-methyl/N-ethyl adjacent to an activating group) is 1. The molecule has 0 bridgehead atoms. The van der Waals surface area contributed by atoms with Crippen LogP contribution in [0.4, 0.5) is 0 Å². The molecule has 156 valence electrons. The standard InChI is InChI=1S/C22H31N5O2/c1-15-10-16(2)27(25-15)14-17-6-5-7-18(11-17)22(29)24-13-20-9-8-19(26(20)4)12-21(28)23-3/h5-7,10-11,19-20H,8-9,12-14H2,1-4H3,(H,23,28)(H,24,29)/t19-,20+/m1/s1. The van der Waals surface area contributed by atoms with Gasteiger partial charge in [-0.05, 0) is 57.5 Å². The van der Waals surface area contributed by atoms with E-state index in [-0.39, 0.29) is 23.9 Å². The normalized spacial score (nSPS) is 19.3. The van der Waals surface area contributed by atoms with Crippen LogP contribution >= 0.6 is 0 Å². The molecule has 0 aliphatic carbocycles. The molecule has 29 heavy (non-hydrogen) atoms. The van der Waals surface area contributed by atoms with Gasteiger partial charge < -0.3 is 10.6 Å². The summed E-state index contributed by atoms with van der Waals surface area (Å²) in [4.78, 5) is 26.5. The SMILES string of the molecule is CNC(=O)C[C@H]1CC[C@@H](CNC(=O)c2cccc(Cn3nc(C)cc3C)c2)N1C. The first kappa shape index (κ1) is 21.0. The lowest BCUT2D eigenvalue weighted by atomic mass is 10.1. The van der Waals surface area contributed by atoms with Crippen molar-refractivity contribution < 1.29 is 9.59 Å². The van der Waals surface area contributed by atoms with Crippen LogP contribution in [0.1, 0.15) is 46.6 Å². The summed E-state index contributed by atoms with van der Waals surface area (Å²) in [5.74, 6) is -0.00525. The van der Waals surface area contributed by atoms with E-state index in [1.807, 2.05) is 55.9 Å². The highest BCUT2D eigenvalue weighted by atomic mass is 16.2. The van der Waals surface area contributed by atoms with E-state index in [1.54, 1.807) is 7.05 Å². The van der Waals surface area contributed by atoms with Crippen LogP contribution in [0.3, 0.4) is 0 Å². The van der Waals surface area contributed by atoms with Gasteiger partial charge in [-0.2, -0.15) is 5.10 Å². The topological polar surface area (TPSA) is 79.3 Å². The Labute approximate surface area is 172 Å². The molecular weight excluding hydrogens is 366 g/mol. The minimum absolute atomic E-state index is 0.0611. The van der Waals surface area contributed by atoms with Crippen molar-refractivity contribution in [2.75, 3.05) is 20.6 Å². The number of hydrogen-bond donors (Lipinski definition) is 2. The Morgan fingerprint density at radius 3 is 2.62 bits per heavy atom. The lowest BCUT2D eigenvalue weighted by molar-refractivity contribution is -0.121. The van der Waals surface area contributed by atoms with E-state index in [2.05, 4.69) is 20.6 Å². The molecule has 0 saturated carbocycles. The van der Waals surface area contributed by atoms with Gasteiger partial charge in [0.05, 0.1) is 12.2 Å². The number of aromatic nitrogens is 2. The molecule has 2 heterocycles. The van der Waals surface area contributed by atoms with Gasteiger partial charge in [0.25, 0.3) is 5.91 Å². The van der Waals surface area contributed by atoms with E-state index in [0.29, 0.717) is 25.1 Å². The van der Waals surface area contributed by atoms with Gasteiger partial charge in [-0.1, -0.05) is 12.1 Å². The van der Waals surface area contributed by atoms with Crippen molar-refractivity contribution in [3.63, 3.8) is 0 Å². The fourth-order valence-electron chi connectivity index (χ4n) is 4.03. The average molecular weight is 398 g/mol. The van der Waals surface area contributed by atoms with Crippen molar-refractivity contribution in [3.8, 4) is 0 Å². The number of carbonyl (C=O) groups is 2. The van der Waals surface area contributed by atoms with Crippen LogP contribution in [0.5, 0.6) is 0 Å². The molecule has 2 amide bonds. The molecular formula is C22H31N5O2. The lowest BCUT2D eigenvalue weighted by Gasteiger charge is -2.25. The van der Waals surface area contributed by atoms with Crippen LogP contribution in [-0.2, 0) is 11.3 Å². The fourth-order valence-corrected chi connectivity index (χ4v) is 4.03. The second kappa shape index (κ2) is 9.22. The predicted octanol–water partition coefficient (Wildman–Crippen LogP) is 1.88. The van der Waals surface area contributed by atoms with Gasteiger partial charge in [0.15, 0.2) is 0 Å². The third-order valence-corrected chi connectivity index (χ3v) is 5.81. The number of hydrogen-bond acceptors (Lipinski definition) is 4. The first-order chi connectivity index (χ1) is 13.9. The molecule has 7 heteroatoms. The Kier molecular flexibility index (Phi) is 6.69. The zero-order valence-corrected chi connectivity index (χ0v) is 17.7. The molecule has 1 aliphatic heterocycles. The largest absolute Gasteiger partial charge is 0.359 e. The summed E-state index contributed by atoms with van der Waals surface area (Å²) < 4.78 is 1.95. The number of nitrogens with zero attached hydrogens (tertiary/aromatic N) is 3. The van der Waals surface area contributed by atoms with Crippen LogP contribution in [-0.4, -0.2) is 59.2 Å². The Hall–Kier alpha value is -2.67. The highest BCUT2D eigenvalue weighted by Crippen LogP contribution is 2.24. The molecule has 0 spiro atoms. The molecule has 1 fully saturated rings. The minimum Gasteiger partial charge on any atom is -0.359 e. The first-order valence-corrected chi connectivity index (χ1v) is 10.2. The summed E-state index contributed by atoms with van der Waals surface area (Å²) in [5.41, 5.74) is 3.80. The maximum Gasteiger partial charge on any atom is 0.251 e. The summed E-state index contributed by atoms with van der Waals surface area (Å²) in [5, 5.41) is 10.2. The summed E-state index contributed by atoms with van der Waals surface area (Å²) in [6, 6.07) is 10.2. The lowest BCUT2D eigenvalue weighted by Crippen LogP contribution is -2.42. The van der Waals surface area contributed by atoms with Crippen molar-refractivity contribution in [2.24, 2.45) is 0 Å². The minimum atomic E-state index is -0.0663. The molecule has 7 nitrogen and oxygen atoms in total. The summed E-state index contributed by atoms with van der Waals surface area (Å²) in [6.07, 6.45) is 2.46. The average Bonchev–Trinajstić information content (AvgIpc) is 3.21. The summed E-state index contributed by atoms with van der Waals surface area (Å²) in [7, 11) is 3.70. The molecule has 1 aromatic carbocycles. The van der Waals surface area contributed by atoms with Gasteiger partial charge in [-0.15, -0.1) is 0 Å². The zero-order chi connectivity index (χ0) is 21.0.